The summed E-state index contributed by atoms with van der Waals surface area (Å²) in [6, 6.07) is 18.6. The van der Waals surface area contributed by atoms with Gasteiger partial charge in [-0.2, -0.15) is 0 Å². The first-order valence-electron chi connectivity index (χ1n) is 8.32. The van der Waals surface area contributed by atoms with Crippen molar-refractivity contribution in [3.63, 3.8) is 0 Å². The Labute approximate surface area is 137 Å². The van der Waals surface area contributed by atoms with Crippen LogP contribution in [0.1, 0.15) is 17.2 Å². The Hall–Kier alpha value is -1.29. The zero-order valence-electron chi connectivity index (χ0n) is 13.1. The van der Waals surface area contributed by atoms with Crippen molar-refractivity contribution in [3.8, 4) is 0 Å². The van der Waals surface area contributed by atoms with Crippen LogP contribution in [0.5, 0.6) is 0 Å². The van der Waals surface area contributed by atoms with Gasteiger partial charge in [0, 0.05) is 21.8 Å². The number of likely N-dealkylation sites (N-methyl/N-ethyl adjacent to an activating group) is 1. The summed E-state index contributed by atoms with van der Waals surface area (Å²) >= 11 is 1.95. The van der Waals surface area contributed by atoms with Gasteiger partial charge in [0.1, 0.15) is 32.2 Å². The zero-order valence-corrected chi connectivity index (χ0v) is 14.0. The largest absolute Gasteiger partial charge is 0.328 e. The van der Waals surface area contributed by atoms with Crippen LogP contribution in [0.25, 0.3) is 0 Å². The second kappa shape index (κ2) is 6.07. The molecule has 0 saturated carbocycles. The van der Waals surface area contributed by atoms with E-state index in [0.717, 1.165) is 0 Å². The van der Waals surface area contributed by atoms with E-state index in [1.165, 1.54) is 48.0 Å². The van der Waals surface area contributed by atoms with Crippen molar-refractivity contribution in [1.29, 1.82) is 0 Å². The number of benzene rings is 2. The third-order valence-corrected chi connectivity index (χ3v) is 6.36. The van der Waals surface area contributed by atoms with E-state index in [-0.39, 0.29) is 0 Å². The summed E-state index contributed by atoms with van der Waals surface area (Å²) in [5.74, 6) is 0. The smallest absolute Gasteiger partial charge is 0.127 e. The fourth-order valence-electron chi connectivity index (χ4n) is 3.79. The second-order valence-corrected chi connectivity index (χ2v) is 7.70. The molecule has 114 valence electrons. The fraction of sp³-hybridized carbons (Fsp3) is 0.368. The molecular weight excluding hydrogens is 288 g/mol. The van der Waals surface area contributed by atoms with Gasteiger partial charge in [0.2, 0.25) is 0 Å². The molecule has 2 N–H and O–H groups in total. The van der Waals surface area contributed by atoms with Gasteiger partial charge >= 0.3 is 0 Å². The molecule has 2 aliphatic rings. The molecule has 2 aliphatic heterocycles. The SMILES string of the molecule is C[NH+]1CC[NH+]([C@H]2Cc3ccccc3Sc3ccccc32)CC1. The molecule has 0 spiro atoms. The first kappa shape index (κ1) is 14.3. The summed E-state index contributed by atoms with van der Waals surface area (Å²) in [6.45, 7) is 5.17. The Morgan fingerprint density at radius 3 is 2.36 bits per heavy atom. The Kier molecular flexibility index (Phi) is 3.95. The molecule has 0 aliphatic carbocycles. The van der Waals surface area contributed by atoms with Crippen LogP contribution >= 0.6 is 11.8 Å². The molecule has 2 heterocycles. The monoisotopic (exact) mass is 312 g/mol. The number of hydrogen-bond donors (Lipinski definition) is 2. The second-order valence-electron chi connectivity index (χ2n) is 6.62. The summed E-state index contributed by atoms with van der Waals surface area (Å²) in [6.07, 6.45) is 1.18. The summed E-state index contributed by atoms with van der Waals surface area (Å²) in [7, 11) is 2.32. The minimum absolute atomic E-state index is 0.612. The highest BCUT2D eigenvalue weighted by molar-refractivity contribution is 7.99. The van der Waals surface area contributed by atoms with Gasteiger partial charge in [-0.05, 0) is 17.7 Å². The lowest BCUT2D eigenvalue weighted by molar-refractivity contribution is -1.02. The Bertz CT molecular complexity index is 662. The van der Waals surface area contributed by atoms with Gasteiger partial charge in [-0.15, -0.1) is 0 Å². The van der Waals surface area contributed by atoms with Crippen molar-refractivity contribution in [2.24, 2.45) is 0 Å². The Balaban J connectivity index is 1.73. The number of piperazine rings is 1. The van der Waals surface area contributed by atoms with E-state index in [2.05, 4.69) is 55.6 Å². The molecule has 2 aromatic carbocycles. The van der Waals surface area contributed by atoms with Gasteiger partial charge in [-0.1, -0.05) is 48.2 Å². The molecule has 2 aromatic rings. The van der Waals surface area contributed by atoms with E-state index < -0.39 is 0 Å². The predicted molar refractivity (Wildman–Crippen MR) is 90.8 cm³/mol. The van der Waals surface area contributed by atoms with Crippen molar-refractivity contribution in [3.05, 3.63) is 59.7 Å². The molecule has 0 amide bonds. The molecule has 22 heavy (non-hydrogen) atoms. The van der Waals surface area contributed by atoms with Gasteiger partial charge in [0.15, 0.2) is 0 Å². The summed E-state index contributed by atoms with van der Waals surface area (Å²) in [4.78, 5) is 6.35. The highest BCUT2D eigenvalue weighted by Crippen LogP contribution is 2.39. The van der Waals surface area contributed by atoms with Crippen LogP contribution in [0.2, 0.25) is 0 Å². The van der Waals surface area contributed by atoms with Crippen LogP contribution in [-0.4, -0.2) is 33.2 Å². The maximum absolute atomic E-state index is 2.36. The molecule has 1 atom stereocenters. The highest BCUT2D eigenvalue weighted by atomic mass is 32.2. The number of fused-ring (bicyclic) bond motifs is 2. The first-order valence-corrected chi connectivity index (χ1v) is 9.13. The highest BCUT2D eigenvalue weighted by Gasteiger charge is 2.33. The average molecular weight is 312 g/mol. The topological polar surface area (TPSA) is 8.88 Å². The van der Waals surface area contributed by atoms with Gasteiger partial charge < -0.3 is 9.80 Å². The van der Waals surface area contributed by atoms with Gasteiger partial charge in [0.05, 0.1) is 7.05 Å². The number of quaternary nitrogens is 2. The van der Waals surface area contributed by atoms with E-state index >= 15 is 0 Å². The number of rotatable bonds is 1. The van der Waals surface area contributed by atoms with Crippen LogP contribution in [0, 0.1) is 0 Å². The minimum Gasteiger partial charge on any atom is -0.328 e. The Morgan fingerprint density at radius 1 is 0.864 bits per heavy atom. The van der Waals surface area contributed by atoms with Crippen molar-refractivity contribution < 1.29 is 9.80 Å². The summed E-state index contributed by atoms with van der Waals surface area (Å²) in [5, 5.41) is 0. The molecular formula is C19H24N2S+2. The third kappa shape index (κ3) is 2.69. The van der Waals surface area contributed by atoms with E-state index in [0.29, 0.717) is 6.04 Å². The lowest BCUT2D eigenvalue weighted by atomic mass is 9.97. The van der Waals surface area contributed by atoms with E-state index in [1.54, 1.807) is 15.4 Å². The van der Waals surface area contributed by atoms with Crippen LogP contribution in [0.15, 0.2) is 58.3 Å². The molecule has 0 bridgehead atoms. The van der Waals surface area contributed by atoms with Crippen LogP contribution < -0.4 is 9.80 Å². The fourth-order valence-corrected chi connectivity index (χ4v) is 4.93. The lowest BCUT2D eigenvalue weighted by Crippen LogP contribution is -3.27. The Morgan fingerprint density at radius 2 is 1.55 bits per heavy atom. The van der Waals surface area contributed by atoms with Crippen molar-refractivity contribution in [2.45, 2.75) is 22.3 Å². The van der Waals surface area contributed by atoms with Crippen molar-refractivity contribution in [2.75, 3.05) is 33.2 Å². The molecule has 1 fully saturated rings. The molecule has 0 radical (unpaired) electrons. The molecule has 0 unspecified atom stereocenters. The van der Waals surface area contributed by atoms with E-state index in [9.17, 15) is 0 Å². The van der Waals surface area contributed by atoms with E-state index in [1.807, 2.05) is 11.8 Å². The van der Waals surface area contributed by atoms with Crippen molar-refractivity contribution >= 4 is 11.8 Å². The maximum Gasteiger partial charge on any atom is 0.127 e. The van der Waals surface area contributed by atoms with Crippen molar-refractivity contribution in [1.82, 2.24) is 0 Å². The standard InChI is InChI=1S/C19H22N2S/c1-20-10-12-21(13-11-20)17-14-15-6-2-4-8-18(15)22-19-9-5-3-7-16(17)19/h2-9,17H,10-14H2,1H3/p+2/t17-/m0/s1. The number of hydrogen-bond acceptors (Lipinski definition) is 1. The summed E-state index contributed by atoms with van der Waals surface area (Å²) in [5.41, 5.74) is 3.07. The van der Waals surface area contributed by atoms with Gasteiger partial charge in [-0.3, -0.25) is 0 Å². The molecule has 1 saturated heterocycles. The zero-order chi connectivity index (χ0) is 14.9. The lowest BCUT2D eigenvalue weighted by Gasteiger charge is -2.33. The third-order valence-electron chi connectivity index (χ3n) is 5.15. The first-order chi connectivity index (χ1) is 10.8. The normalized spacial score (nSPS) is 27.6. The molecule has 3 heteroatoms. The maximum atomic E-state index is 2.36. The van der Waals surface area contributed by atoms with Crippen LogP contribution in [0.3, 0.4) is 0 Å². The predicted octanol–water partition coefficient (Wildman–Crippen LogP) is 0.848. The average Bonchev–Trinajstić information content (AvgIpc) is 2.72. The van der Waals surface area contributed by atoms with Gasteiger partial charge in [-0.25, -0.2) is 0 Å². The summed E-state index contributed by atoms with van der Waals surface area (Å²) < 4.78 is 0. The minimum atomic E-state index is 0.612. The van der Waals surface area contributed by atoms with E-state index in [4.69, 9.17) is 0 Å². The molecule has 4 rings (SSSR count). The van der Waals surface area contributed by atoms with Gasteiger partial charge in [0.25, 0.3) is 0 Å². The molecule has 2 nitrogen and oxygen atoms in total. The number of nitrogens with one attached hydrogen (secondary N) is 2. The quantitative estimate of drug-likeness (QED) is 0.793. The van der Waals surface area contributed by atoms with Crippen LogP contribution in [-0.2, 0) is 6.42 Å². The molecule has 0 aromatic heterocycles. The van der Waals surface area contributed by atoms with Crippen LogP contribution in [0.4, 0.5) is 0 Å².